The zero-order chi connectivity index (χ0) is 14.1. The van der Waals surface area contributed by atoms with Gasteiger partial charge in [-0.1, -0.05) is 18.2 Å². The Morgan fingerprint density at radius 2 is 2.11 bits per heavy atom. The molecular formula is C13H17NO4S. The lowest BCUT2D eigenvalue weighted by Gasteiger charge is -2.06. The number of ether oxygens (including phenoxy) is 1. The molecule has 0 bridgehead atoms. The molecule has 0 aliphatic carbocycles. The molecule has 104 valence electrons. The summed E-state index contributed by atoms with van der Waals surface area (Å²) in [6.07, 6.45) is 0. The van der Waals surface area contributed by atoms with Crippen molar-refractivity contribution in [2.45, 2.75) is 5.75 Å². The first-order valence-corrected chi connectivity index (χ1v) is 6.95. The van der Waals surface area contributed by atoms with Crippen molar-refractivity contribution in [3.05, 3.63) is 35.4 Å². The molecule has 19 heavy (non-hydrogen) atoms. The molecule has 1 rings (SSSR count). The van der Waals surface area contributed by atoms with E-state index in [0.29, 0.717) is 24.7 Å². The van der Waals surface area contributed by atoms with Crippen LogP contribution < -0.4 is 5.32 Å². The summed E-state index contributed by atoms with van der Waals surface area (Å²) in [6, 6.07) is 6.81. The third kappa shape index (κ3) is 5.76. The van der Waals surface area contributed by atoms with E-state index in [4.69, 9.17) is 9.84 Å². The van der Waals surface area contributed by atoms with Gasteiger partial charge in [-0.15, -0.1) is 11.8 Å². The van der Waals surface area contributed by atoms with Gasteiger partial charge in [0, 0.05) is 19.4 Å². The van der Waals surface area contributed by atoms with Crippen LogP contribution in [-0.4, -0.2) is 43.0 Å². The van der Waals surface area contributed by atoms with E-state index in [9.17, 15) is 9.59 Å². The Bertz CT molecular complexity index is 436. The van der Waals surface area contributed by atoms with Crippen LogP contribution >= 0.6 is 11.8 Å². The van der Waals surface area contributed by atoms with E-state index < -0.39 is 5.97 Å². The van der Waals surface area contributed by atoms with E-state index in [-0.39, 0.29) is 11.5 Å². The molecule has 1 aromatic rings. The Morgan fingerprint density at radius 1 is 1.37 bits per heavy atom. The standard InChI is InChI=1S/C13H17NO4S/c1-18-7-6-14-12(15)9-19-8-10-4-2-3-5-11(10)13(16)17/h2-5H,6-9H2,1H3,(H,14,15)(H,16,17). The SMILES string of the molecule is COCCNC(=O)CSCc1ccccc1C(=O)O. The van der Waals surface area contributed by atoms with Crippen LogP contribution in [0.5, 0.6) is 0 Å². The number of rotatable bonds is 8. The van der Waals surface area contributed by atoms with Crippen molar-refractivity contribution in [1.29, 1.82) is 0 Å². The number of carbonyl (C=O) groups excluding carboxylic acids is 1. The minimum atomic E-state index is -0.944. The number of aromatic carboxylic acids is 1. The van der Waals surface area contributed by atoms with Gasteiger partial charge in [-0.3, -0.25) is 4.79 Å². The van der Waals surface area contributed by atoms with Gasteiger partial charge in [-0.2, -0.15) is 0 Å². The van der Waals surface area contributed by atoms with E-state index in [1.807, 2.05) is 0 Å². The number of carboxylic acid groups (broad SMARTS) is 1. The van der Waals surface area contributed by atoms with Gasteiger partial charge in [0.15, 0.2) is 0 Å². The van der Waals surface area contributed by atoms with E-state index in [1.165, 1.54) is 11.8 Å². The second-order valence-electron chi connectivity index (χ2n) is 3.80. The molecule has 0 fully saturated rings. The monoisotopic (exact) mass is 283 g/mol. The van der Waals surface area contributed by atoms with E-state index >= 15 is 0 Å². The Hall–Kier alpha value is -1.53. The summed E-state index contributed by atoms with van der Waals surface area (Å²) in [5.41, 5.74) is 1.01. The predicted molar refractivity (Wildman–Crippen MR) is 74.4 cm³/mol. The van der Waals surface area contributed by atoms with Gasteiger partial charge in [0.2, 0.25) is 5.91 Å². The second-order valence-corrected chi connectivity index (χ2v) is 4.78. The van der Waals surface area contributed by atoms with Crippen molar-refractivity contribution >= 4 is 23.6 Å². The number of carboxylic acids is 1. The third-order valence-corrected chi connectivity index (χ3v) is 3.35. The molecule has 0 heterocycles. The largest absolute Gasteiger partial charge is 0.478 e. The minimum absolute atomic E-state index is 0.0742. The minimum Gasteiger partial charge on any atom is -0.478 e. The highest BCUT2D eigenvalue weighted by atomic mass is 32.2. The number of nitrogens with one attached hydrogen (secondary N) is 1. The van der Waals surface area contributed by atoms with Crippen LogP contribution in [0.25, 0.3) is 0 Å². The fourth-order valence-corrected chi connectivity index (χ4v) is 2.31. The smallest absolute Gasteiger partial charge is 0.335 e. The number of hydrogen-bond donors (Lipinski definition) is 2. The lowest BCUT2D eigenvalue weighted by Crippen LogP contribution is -2.28. The molecule has 0 spiro atoms. The molecule has 5 nitrogen and oxygen atoms in total. The summed E-state index contributed by atoms with van der Waals surface area (Å²) in [6.45, 7) is 0.972. The quantitative estimate of drug-likeness (QED) is 0.705. The zero-order valence-electron chi connectivity index (χ0n) is 10.7. The maximum atomic E-state index is 11.4. The van der Waals surface area contributed by atoms with Crippen molar-refractivity contribution in [3.8, 4) is 0 Å². The number of amides is 1. The Labute approximate surface area is 116 Å². The Balaban J connectivity index is 2.37. The molecular weight excluding hydrogens is 266 g/mol. The molecule has 6 heteroatoms. The highest BCUT2D eigenvalue weighted by Gasteiger charge is 2.09. The summed E-state index contributed by atoms with van der Waals surface area (Å²) >= 11 is 1.39. The number of hydrogen-bond acceptors (Lipinski definition) is 4. The van der Waals surface area contributed by atoms with E-state index in [0.717, 1.165) is 5.56 Å². The van der Waals surface area contributed by atoms with Crippen LogP contribution in [0.15, 0.2) is 24.3 Å². The van der Waals surface area contributed by atoms with Crippen LogP contribution in [0.4, 0.5) is 0 Å². The van der Waals surface area contributed by atoms with Gasteiger partial charge in [0.25, 0.3) is 0 Å². The van der Waals surface area contributed by atoms with Crippen LogP contribution in [0.3, 0.4) is 0 Å². The summed E-state index contributed by atoms with van der Waals surface area (Å²) in [5, 5.41) is 11.7. The van der Waals surface area contributed by atoms with E-state index in [1.54, 1.807) is 31.4 Å². The lowest BCUT2D eigenvalue weighted by atomic mass is 10.1. The maximum absolute atomic E-state index is 11.4. The molecule has 0 unspecified atom stereocenters. The number of carbonyl (C=O) groups is 2. The molecule has 0 saturated carbocycles. The third-order valence-electron chi connectivity index (χ3n) is 2.37. The van der Waals surface area contributed by atoms with Crippen molar-refractivity contribution < 1.29 is 19.4 Å². The van der Waals surface area contributed by atoms with Gasteiger partial charge < -0.3 is 15.2 Å². The number of benzene rings is 1. The summed E-state index contributed by atoms with van der Waals surface area (Å²) in [5.74, 6) is -0.215. The van der Waals surface area contributed by atoms with Crippen LogP contribution in [0.2, 0.25) is 0 Å². The molecule has 0 saturated heterocycles. The molecule has 1 amide bonds. The fourth-order valence-electron chi connectivity index (χ4n) is 1.45. The van der Waals surface area contributed by atoms with E-state index in [2.05, 4.69) is 5.32 Å². The summed E-state index contributed by atoms with van der Waals surface area (Å²) in [7, 11) is 1.57. The van der Waals surface area contributed by atoms with Crippen molar-refractivity contribution in [2.24, 2.45) is 0 Å². The number of methoxy groups -OCH3 is 1. The topological polar surface area (TPSA) is 75.6 Å². The first kappa shape index (κ1) is 15.5. The maximum Gasteiger partial charge on any atom is 0.335 e. The van der Waals surface area contributed by atoms with Crippen LogP contribution in [-0.2, 0) is 15.3 Å². The van der Waals surface area contributed by atoms with Gasteiger partial charge >= 0.3 is 5.97 Å². The van der Waals surface area contributed by atoms with Crippen LogP contribution in [0.1, 0.15) is 15.9 Å². The molecule has 0 aromatic heterocycles. The average Bonchev–Trinajstić information content (AvgIpc) is 2.39. The van der Waals surface area contributed by atoms with Crippen molar-refractivity contribution in [2.75, 3.05) is 26.0 Å². The van der Waals surface area contributed by atoms with Gasteiger partial charge in [-0.25, -0.2) is 4.79 Å². The molecule has 2 N–H and O–H groups in total. The highest BCUT2D eigenvalue weighted by Crippen LogP contribution is 2.16. The van der Waals surface area contributed by atoms with Gasteiger partial charge in [0.05, 0.1) is 17.9 Å². The number of thioether (sulfide) groups is 1. The normalized spacial score (nSPS) is 10.2. The molecule has 0 aliphatic rings. The first-order valence-electron chi connectivity index (χ1n) is 5.79. The highest BCUT2D eigenvalue weighted by molar-refractivity contribution is 7.99. The Morgan fingerprint density at radius 3 is 2.79 bits per heavy atom. The first-order chi connectivity index (χ1) is 9.15. The molecule has 0 radical (unpaired) electrons. The molecule has 0 atom stereocenters. The molecule has 1 aromatic carbocycles. The average molecular weight is 283 g/mol. The van der Waals surface area contributed by atoms with Crippen molar-refractivity contribution in [1.82, 2.24) is 5.32 Å². The lowest BCUT2D eigenvalue weighted by molar-refractivity contribution is -0.118. The summed E-state index contributed by atoms with van der Waals surface area (Å²) in [4.78, 5) is 22.4. The zero-order valence-corrected chi connectivity index (χ0v) is 11.5. The van der Waals surface area contributed by atoms with Gasteiger partial charge in [0.1, 0.15) is 0 Å². The van der Waals surface area contributed by atoms with Crippen molar-refractivity contribution in [3.63, 3.8) is 0 Å². The second kappa shape index (κ2) is 8.55. The molecule has 0 aliphatic heterocycles. The Kier molecular flexibility index (Phi) is 6.99. The van der Waals surface area contributed by atoms with Crippen LogP contribution in [0, 0.1) is 0 Å². The predicted octanol–water partition coefficient (Wildman–Crippen LogP) is 1.38. The fraction of sp³-hybridized carbons (Fsp3) is 0.385. The van der Waals surface area contributed by atoms with Gasteiger partial charge in [-0.05, 0) is 11.6 Å². The summed E-state index contributed by atoms with van der Waals surface area (Å²) < 4.78 is 4.82.